The van der Waals surface area contributed by atoms with Gasteiger partial charge in [0.15, 0.2) is 0 Å². The summed E-state index contributed by atoms with van der Waals surface area (Å²) in [5.41, 5.74) is 0.0798. The molecule has 0 saturated carbocycles. The van der Waals surface area contributed by atoms with Crippen LogP contribution in [-0.2, 0) is 11.3 Å². The molecule has 2 amide bonds. The summed E-state index contributed by atoms with van der Waals surface area (Å²) in [5, 5.41) is 5.87. The number of furan rings is 1. The number of hydrogen-bond donors (Lipinski definition) is 2. The largest absolute Gasteiger partial charge is 0.467 e. The van der Waals surface area contributed by atoms with Crippen LogP contribution in [0.3, 0.4) is 0 Å². The molecule has 3 heterocycles. The van der Waals surface area contributed by atoms with Gasteiger partial charge in [0.2, 0.25) is 0 Å². The first kappa shape index (κ1) is 15.7. The van der Waals surface area contributed by atoms with Gasteiger partial charge in [0, 0.05) is 30.9 Å². The average Bonchev–Trinajstić information content (AvgIpc) is 3.24. The van der Waals surface area contributed by atoms with Crippen molar-refractivity contribution in [2.24, 2.45) is 0 Å². The van der Waals surface area contributed by atoms with Gasteiger partial charge in [-0.15, -0.1) is 0 Å². The molecule has 0 spiro atoms. The van der Waals surface area contributed by atoms with E-state index < -0.39 is 0 Å². The second-order valence-corrected chi connectivity index (χ2v) is 6.85. The Labute approximate surface area is 134 Å². The summed E-state index contributed by atoms with van der Waals surface area (Å²) in [6, 6.07) is 3.53. The number of thioether (sulfide) groups is 1. The lowest BCUT2D eigenvalue weighted by Gasteiger charge is -2.43. The average molecular weight is 325 g/mol. The molecule has 3 rings (SSSR count). The van der Waals surface area contributed by atoms with Crippen LogP contribution in [0.25, 0.3) is 0 Å². The van der Waals surface area contributed by atoms with E-state index in [-0.39, 0.29) is 11.6 Å². The molecular weight excluding hydrogens is 302 g/mol. The minimum absolute atomic E-state index is 0.0798. The lowest BCUT2D eigenvalue weighted by atomic mass is 9.95. The fourth-order valence-corrected chi connectivity index (χ4v) is 4.50. The van der Waals surface area contributed by atoms with Crippen molar-refractivity contribution in [2.75, 3.05) is 44.4 Å². The molecule has 2 saturated heterocycles. The normalized spacial score (nSPS) is 26.0. The van der Waals surface area contributed by atoms with Crippen molar-refractivity contribution in [3.05, 3.63) is 24.2 Å². The number of morpholine rings is 1. The summed E-state index contributed by atoms with van der Waals surface area (Å²) >= 11 is 1.97. The summed E-state index contributed by atoms with van der Waals surface area (Å²) in [6.45, 7) is 4.59. The molecule has 122 valence electrons. The Hall–Kier alpha value is -1.18. The second kappa shape index (κ2) is 7.39. The zero-order valence-electron chi connectivity index (χ0n) is 12.7. The molecule has 2 aliphatic rings. The summed E-state index contributed by atoms with van der Waals surface area (Å²) < 4.78 is 10.7. The van der Waals surface area contributed by atoms with Crippen LogP contribution in [0.1, 0.15) is 12.2 Å². The quantitative estimate of drug-likeness (QED) is 0.854. The van der Waals surface area contributed by atoms with E-state index in [1.807, 2.05) is 23.9 Å². The summed E-state index contributed by atoms with van der Waals surface area (Å²) in [7, 11) is 0. The van der Waals surface area contributed by atoms with E-state index in [2.05, 4.69) is 15.5 Å². The topological polar surface area (TPSA) is 66.7 Å². The van der Waals surface area contributed by atoms with Gasteiger partial charge in [-0.25, -0.2) is 4.79 Å². The van der Waals surface area contributed by atoms with Gasteiger partial charge in [0.05, 0.1) is 26.0 Å². The minimum atomic E-state index is -0.138. The first-order chi connectivity index (χ1) is 10.8. The Bertz CT molecular complexity index is 468. The number of urea groups is 1. The molecule has 6 nitrogen and oxygen atoms in total. The number of carbonyl (C=O) groups is 1. The van der Waals surface area contributed by atoms with Crippen molar-refractivity contribution in [3.63, 3.8) is 0 Å². The molecule has 1 atom stereocenters. The summed E-state index contributed by atoms with van der Waals surface area (Å²) in [4.78, 5) is 14.5. The standard InChI is InChI=1S/C15H23N3O3S/c19-14(16-10-13-2-1-6-21-13)17-11-15(3-9-22-12-15)18-4-7-20-8-5-18/h1-2,6H,3-5,7-12H2,(H2,16,17,19). The summed E-state index contributed by atoms with van der Waals surface area (Å²) in [6.07, 6.45) is 2.73. The highest BCUT2D eigenvalue weighted by Gasteiger charge is 2.40. The third-order valence-corrected chi connectivity index (χ3v) is 5.58. The van der Waals surface area contributed by atoms with E-state index in [0.717, 1.165) is 50.0 Å². The minimum Gasteiger partial charge on any atom is -0.467 e. The maximum atomic E-state index is 12.0. The fraction of sp³-hybridized carbons (Fsp3) is 0.667. The Morgan fingerprint density at radius 1 is 1.36 bits per heavy atom. The highest BCUT2D eigenvalue weighted by atomic mass is 32.2. The number of nitrogens with one attached hydrogen (secondary N) is 2. The third-order valence-electron chi connectivity index (χ3n) is 4.35. The van der Waals surface area contributed by atoms with Gasteiger partial charge in [-0.05, 0) is 24.3 Å². The van der Waals surface area contributed by atoms with Crippen molar-refractivity contribution >= 4 is 17.8 Å². The first-order valence-corrected chi connectivity index (χ1v) is 8.89. The van der Waals surface area contributed by atoms with E-state index in [4.69, 9.17) is 9.15 Å². The van der Waals surface area contributed by atoms with E-state index in [1.54, 1.807) is 6.26 Å². The van der Waals surface area contributed by atoms with Crippen molar-refractivity contribution in [2.45, 2.75) is 18.5 Å². The maximum absolute atomic E-state index is 12.0. The second-order valence-electron chi connectivity index (χ2n) is 5.74. The molecule has 1 aromatic rings. The fourth-order valence-electron chi connectivity index (χ4n) is 3.02. The zero-order chi connectivity index (χ0) is 15.3. The predicted octanol–water partition coefficient (Wildman–Crippen LogP) is 1.29. The van der Waals surface area contributed by atoms with Crippen molar-refractivity contribution in [1.29, 1.82) is 0 Å². The van der Waals surface area contributed by atoms with Crippen molar-refractivity contribution in [1.82, 2.24) is 15.5 Å². The Morgan fingerprint density at radius 3 is 2.91 bits per heavy atom. The number of rotatable bonds is 5. The molecule has 22 heavy (non-hydrogen) atoms. The van der Waals surface area contributed by atoms with Crippen molar-refractivity contribution in [3.8, 4) is 0 Å². The van der Waals surface area contributed by atoms with Gasteiger partial charge in [-0.3, -0.25) is 4.90 Å². The molecule has 2 fully saturated rings. The smallest absolute Gasteiger partial charge is 0.315 e. The first-order valence-electron chi connectivity index (χ1n) is 7.73. The van der Waals surface area contributed by atoms with Crippen LogP contribution in [0.15, 0.2) is 22.8 Å². The van der Waals surface area contributed by atoms with E-state index in [9.17, 15) is 4.79 Å². The number of hydrogen-bond acceptors (Lipinski definition) is 5. The predicted molar refractivity (Wildman–Crippen MR) is 86.0 cm³/mol. The van der Waals surface area contributed by atoms with E-state index >= 15 is 0 Å². The van der Waals surface area contributed by atoms with E-state index in [1.165, 1.54) is 0 Å². The molecule has 1 unspecified atom stereocenters. The Balaban J connectivity index is 1.49. The van der Waals surface area contributed by atoms with Gasteiger partial charge in [0.1, 0.15) is 5.76 Å². The molecule has 2 N–H and O–H groups in total. The molecule has 7 heteroatoms. The Morgan fingerprint density at radius 2 is 2.23 bits per heavy atom. The Kier molecular flexibility index (Phi) is 5.28. The van der Waals surface area contributed by atoms with E-state index in [0.29, 0.717) is 13.1 Å². The number of carbonyl (C=O) groups excluding carboxylic acids is 1. The lowest BCUT2D eigenvalue weighted by Crippen LogP contribution is -2.59. The third kappa shape index (κ3) is 3.77. The molecule has 0 bridgehead atoms. The molecular formula is C15H23N3O3S. The number of nitrogens with zero attached hydrogens (tertiary/aromatic N) is 1. The zero-order valence-corrected chi connectivity index (χ0v) is 13.5. The van der Waals surface area contributed by atoms with Crippen LogP contribution in [0.2, 0.25) is 0 Å². The van der Waals surface area contributed by atoms with Gasteiger partial charge in [0.25, 0.3) is 0 Å². The van der Waals surface area contributed by atoms with Crippen LogP contribution in [0, 0.1) is 0 Å². The molecule has 0 aromatic carbocycles. The highest BCUT2D eigenvalue weighted by molar-refractivity contribution is 7.99. The number of ether oxygens (including phenoxy) is 1. The summed E-state index contributed by atoms with van der Waals surface area (Å²) in [5.74, 6) is 2.99. The van der Waals surface area contributed by atoms with Gasteiger partial charge >= 0.3 is 6.03 Å². The molecule has 0 aliphatic carbocycles. The molecule has 2 aliphatic heterocycles. The van der Waals surface area contributed by atoms with Crippen molar-refractivity contribution < 1.29 is 13.9 Å². The van der Waals surface area contributed by atoms with Gasteiger partial charge in [-0.2, -0.15) is 11.8 Å². The number of amides is 2. The molecule has 1 aromatic heterocycles. The van der Waals surface area contributed by atoms with Crippen LogP contribution >= 0.6 is 11.8 Å². The van der Waals surface area contributed by atoms with Crippen LogP contribution in [0.5, 0.6) is 0 Å². The van der Waals surface area contributed by atoms with Gasteiger partial charge < -0.3 is 19.8 Å². The molecule has 0 radical (unpaired) electrons. The monoisotopic (exact) mass is 325 g/mol. The van der Waals surface area contributed by atoms with Crippen LogP contribution < -0.4 is 10.6 Å². The highest BCUT2D eigenvalue weighted by Crippen LogP contribution is 2.33. The lowest BCUT2D eigenvalue weighted by molar-refractivity contribution is -0.0124. The van der Waals surface area contributed by atoms with Gasteiger partial charge in [-0.1, -0.05) is 0 Å². The maximum Gasteiger partial charge on any atom is 0.315 e. The van der Waals surface area contributed by atoms with Crippen LogP contribution in [-0.4, -0.2) is 60.8 Å². The SMILES string of the molecule is O=C(NCc1ccco1)NCC1(N2CCOCC2)CCSC1. The van der Waals surface area contributed by atoms with Crippen LogP contribution in [0.4, 0.5) is 4.79 Å².